The van der Waals surface area contributed by atoms with Gasteiger partial charge in [0.25, 0.3) is 15.9 Å². The van der Waals surface area contributed by atoms with Gasteiger partial charge in [-0.15, -0.1) is 0 Å². The number of ether oxygens (including phenoxy) is 1. The molecule has 212 valence electrons. The lowest BCUT2D eigenvalue weighted by Crippen LogP contribution is -2.41. The van der Waals surface area contributed by atoms with E-state index in [9.17, 15) is 18.0 Å². The van der Waals surface area contributed by atoms with Gasteiger partial charge in [-0.05, 0) is 78.3 Å². The third kappa shape index (κ3) is 5.67. The molecule has 40 heavy (non-hydrogen) atoms. The van der Waals surface area contributed by atoms with Gasteiger partial charge < -0.3 is 9.64 Å². The van der Waals surface area contributed by atoms with Crippen LogP contribution in [0.1, 0.15) is 59.8 Å². The summed E-state index contributed by atoms with van der Waals surface area (Å²) in [5.41, 5.74) is 2.32. The van der Waals surface area contributed by atoms with E-state index in [1.807, 2.05) is 58.0 Å². The molecule has 1 aliphatic heterocycles. The van der Waals surface area contributed by atoms with E-state index in [1.54, 1.807) is 42.2 Å². The molecule has 3 aromatic carbocycles. The van der Waals surface area contributed by atoms with Gasteiger partial charge in [0.15, 0.2) is 0 Å². The Morgan fingerprint density at radius 1 is 1.02 bits per heavy atom. The number of rotatable bonds is 6. The van der Waals surface area contributed by atoms with Crippen molar-refractivity contribution in [2.24, 2.45) is 0 Å². The lowest BCUT2D eigenvalue weighted by atomic mass is 9.79. The van der Waals surface area contributed by atoms with Gasteiger partial charge in [0.05, 0.1) is 23.3 Å². The number of nitrogens with zero attached hydrogens (tertiary/aromatic N) is 1. The number of esters is 1. The molecule has 1 saturated heterocycles. The van der Waals surface area contributed by atoms with Crippen molar-refractivity contribution in [3.63, 3.8) is 0 Å². The first-order chi connectivity index (χ1) is 18.7. The van der Waals surface area contributed by atoms with Gasteiger partial charge in [-0.25, -0.2) is 8.42 Å². The van der Waals surface area contributed by atoms with Crippen molar-refractivity contribution in [1.82, 2.24) is 4.90 Å². The second-order valence-electron chi connectivity index (χ2n) is 11.4. The van der Waals surface area contributed by atoms with Gasteiger partial charge in [-0.1, -0.05) is 67.0 Å². The van der Waals surface area contributed by atoms with Crippen molar-refractivity contribution in [3.8, 4) is 0 Å². The van der Waals surface area contributed by atoms with E-state index in [-0.39, 0.29) is 34.0 Å². The highest BCUT2D eigenvalue weighted by Gasteiger charge is 2.48. The molecule has 0 spiro atoms. The number of benzene rings is 3. The topological polar surface area (TPSA) is 92.8 Å². The molecule has 1 fully saturated rings. The fourth-order valence-electron chi connectivity index (χ4n) is 5.15. The molecule has 1 atom stereocenters. The quantitative estimate of drug-likeness (QED) is 0.333. The van der Waals surface area contributed by atoms with Crippen LogP contribution in [-0.2, 0) is 30.4 Å². The first-order valence-corrected chi connectivity index (χ1v) is 15.3. The molecule has 4 rings (SSSR count). The second-order valence-corrected chi connectivity index (χ2v) is 13.9. The Morgan fingerprint density at radius 2 is 1.73 bits per heavy atom. The van der Waals surface area contributed by atoms with Crippen molar-refractivity contribution in [2.75, 3.05) is 24.9 Å². The van der Waals surface area contributed by atoms with Crippen molar-refractivity contribution in [1.29, 1.82) is 0 Å². The van der Waals surface area contributed by atoms with Gasteiger partial charge in [0.2, 0.25) is 0 Å². The lowest BCUT2D eigenvalue weighted by molar-refractivity contribution is -0.147. The van der Waals surface area contributed by atoms with Crippen LogP contribution in [0.4, 0.5) is 5.69 Å². The molecule has 3 aromatic rings. The Hall–Kier alpha value is -3.17. The van der Waals surface area contributed by atoms with E-state index < -0.39 is 21.4 Å². The highest BCUT2D eigenvalue weighted by Crippen LogP contribution is 2.38. The summed E-state index contributed by atoms with van der Waals surface area (Å²) in [4.78, 5) is 28.6. The third-order valence-corrected chi connectivity index (χ3v) is 9.67. The van der Waals surface area contributed by atoms with Gasteiger partial charge in [-0.2, -0.15) is 0 Å². The van der Waals surface area contributed by atoms with Crippen LogP contribution in [0.25, 0.3) is 0 Å². The number of carbonyl (C=O) groups is 2. The normalized spacial score (nSPS) is 17.5. The molecular weight excluding hydrogens is 592 g/mol. The van der Waals surface area contributed by atoms with Crippen molar-refractivity contribution >= 4 is 43.5 Å². The maximum atomic E-state index is 13.8. The first kappa shape index (κ1) is 29.8. The SMILES string of the molecule is COC(=O)C1(c2cccc(Br)c2)CCN(C(=O)c2ccccc2NS(=O)(=O)c2cc(C(C)(C)C)cc(C)c2C)C1. The lowest BCUT2D eigenvalue weighted by Gasteiger charge is -2.27. The summed E-state index contributed by atoms with van der Waals surface area (Å²) in [5.74, 6) is -0.783. The van der Waals surface area contributed by atoms with Crippen LogP contribution in [0.3, 0.4) is 0 Å². The summed E-state index contributed by atoms with van der Waals surface area (Å²) in [6, 6.07) is 17.7. The molecule has 1 aliphatic rings. The van der Waals surface area contributed by atoms with Gasteiger partial charge in [0, 0.05) is 17.6 Å². The van der Waals surface area contributed by atoms with E-state index in [2.05, 4.69) is 20.7 Å². The second kappa shape index (κ2) is 11.0. The largest absolute Gasteiger partial charge is 0.468 e. The number of anilines is 1. The average molecular weight is 628 g/mol. The third-order valence-electron chi connectivity index (χ3n) is 7.69. The number of nitrogens with one attached hydrogen (secondary N) is 1. The molecule has 0 saturated carbocycles. The smallest absolute Gasteiger partial charge is 0.318 e. The number of aryl methyl sites for hydroxylation is 1. The zero-order valence-electron chi connectivity index (χ0n) is 23.7. The molecule has 7 nitrogen and oxygen atoms in total. The number of likely N-dealkylation sites (tertiary alicyclic amines) is 1. The Balaban J connectivity index is 1.68. The first-order valence-electron chi connectivity index (χ1n) is 13.1. The molecule has 1 N–H and O–H groups in total. The maximum Gasteiger partial charge on any atom is 0.318 e. The van der Waals surface area contributed by atoms with Crippen molar-refractivity contribution in [3.05, 3.63) is 93.0 Å². The highest BCUT2D eigenvalue weighted by atomic mass is 79.9. The zero-order chi connectivity index (χ0) is 29.5. The number of carbonyl (C=O) groups excluding carboxylic acids is 2. The summed E-state index contributed by atoms with van der Waals surface area (Å²) in [5, 5.41) is 0. The summed E-state index contributed by atoms with van der Waals surface area (Å²) in [6.07, 6.45) is 0.383. The molecule has 1 heterocycles. The van der Waals surface area contributed by atoms with E-state index >= 15 is 0 Å². The minimum atomic E-state index is -4.02. The molecule has 9 heteroatoms. The minimum Gasteiger partial charge on any atom is -0.468 e. The predicted molar refractivity (Wildman–Crippen MR) is 160 cm³/mol. The zero-order valence-corrected chi connectivity index (χ0v) is 26.1. The molecule has 1 amide bonds. The van der Waals surface area contributed by atoms with Crippen LogP contribution in [0.5, 0.6) is 0 Å². The molecule has 0 aromatic heterocycles. The number of methoxy groups -OCH3 is 1. The molecule has 0 bridgehead atoms. The fourth-order valence-corrected chi connectivity index (χ4v) is 6.98. The monoisotopic (exact) mass is 626 g/mol. The summed E-state index contributed by atoms with van der Waals surface area (Å²) >= 11 is 3.47. The highest BCUT2D eigenvalue weighted by molar-refractivity contribution is 9.10. The standard InChI is InChI=1S/C31H35BrN2O5S/c1-20-16-23(30(3,4)5)18-27(21(20)2)40(37,38)33-26-13-8-7-12-25(26)28(35)34-15-14-31(19-34,29(36)39-6)22-10-9-11-24(32)17-22/h7-13,16-18,33H,14-15,19H2,1-6H3. The van der Waals surface area contributed by atoms with Crippen molar-refractivity contribution in [2.45, 2.75) is 56.8 Å². The Kier molecular flexibility index (Phi) is 8.20. The van der Waals surface area contributed by atoms with Crippen LogP contribution < -0.4 is 4.72 Å². The Bertz CT molecular complexity index is 1580. The number of hydrogen-bond donors (Lipinski definition) is 1. The van der Waals surface area contributed by atoms with E-state index in [0.29, 0.717) is 18.5 Å². The van der Waals surface area contributed by atoms with Crippen LogP contribution in [0.2, 0.25) is 0 Å². The summed E-state index contributed by atoms with van der Waals surface area (Å²) in [6.45, 7) is 10.2. The van der Waals surface area contributed by atoms with Gasteiger partial charge in [0.1, 0.15) is 5.41 Å². The van der Waals surface area contributed by atoms with Crippen LogP contribution in [0, 0.1) is 13.8 Å². The molecule has 0 aliphatic carbocycles. The molecular formula is C31H35BrN2O5S. The number of amides is 1. The van der Waals surface area contributed by atoms with E-state index in [4.69, 9.17) is 4.74 Å². The number of halogens is 1. The van der Waals surface area contributed by atoms with Crippen molar-refractivity contribution < 1.29 is 22.7 Å². The maximum absolute atomic E-state index is 13.8. The Morgan fingerprint density at radius 3 is 2.38 bits per heavy atom. The number of para-hydroxylation sites is 1. The van der Waals surface area contributed by atoms with Gasteiger partial charge in [-0.3, -0.25) is 14.3 Å². The summed E-state index contributed by atoms with van der Waals surface area (Å²) < 4.78 is 36.1. The summed E-state index contributed by atoms with van der Waals surface area (Å²) in [7, 11) is -2.67. The van der Waals surface area contributed by atoms with Crippen LogP contribution in [0.15, 0.2) is 70.0 Å². The molecule has 0 radical (unpaired) electrons. The van der Waals surface area contributed by atoms with Gasteiger partial charge >= 0.3 is 5.97 Å². The minimum absolute atomic E-state index is 0.113. The van der Waals surface area contributed by atoms with E-state index in [0.717, 1.165) is 21.2 Å². The fraction of sp³-hybridized carbons (Fsp3) is 0.355. The predicted octanol–water partition coefficient (Wildman–Crippen LogP) is 6.12. The van der Waals surface area contributed by atoms with Crippen LogP contribution in [-0.4, -0.2) is 45.4 Å². The molecule has 1 unspecified atom stereocenters. The Labute approximate surface area is 245 Å². The number of sulfonamides is 1. The average Bonchev–Trinajstić information content (AvgIpc) is 3.35. The van der Waals surface area contributed by atoms with Crippen LogP contribution >= 0.6 is 15.9 Å². The number of hydrogen-bond acceptors (Lipinski definition) is 5. The van der Waals surface area contributed by atoms with E-state index in [1.165, 1.54) is 7.11 Å².